The molecule has 1 N–H and O–H groups in total. The number of hydrogen-bond acceptors (Lipinski definition) is 6. The molecule has 1 unspecified atom stereocenters. The fraction of sp³-hybridized carbons (Fsp3) is 0.286. The number of anilines is 1. The quantitative estimate of drug-likeness (QED) is 0.862. The maximum absolute atomic E-state index is 12.6. The number of nitrogens with zero attached hydrogens (tertiary/aromatic N) is 2. The normalized spacial score (nSPS) is 17.8. The number of Topliss-reactive ketones (excluding diaryl/α,β-unsaturated/α-hetero) is 1. The Labute approximate surface area is 162 Å². The molecule has 1 amide bonds. The molecular formula is C21H21N3O4. The Morgan fingerprint density at radius 2 is 1.86 bits per heavy atom. The molecule has 144 valence electrons. The smallest absolute Gasteiger partial charge is 0.267 e. The molecule has 1 atom stereocenters. The maximum Gasteiger partial charge on any atom is 0.267 e. The predicted octanol–water partition coefficient (Wildman–Crippen LogP) is 2.30. The SMILES string of the molecule is CC(=O)C1CC(C(=O)NCc2ccc3c(c2)OCCO3)=NN1c1ccccc1. The fourth-order valence-corrected chi connectivity index (χ4v) is 3.26. The Bertz CT molecular complexity index is 927. The minimum absolute atomic E-state index is 0.0257. The zero-order chi connectivity index (χ0) is 19.5. The van der Waals surface area contributed by atoms with Gasteiger partial charge in [0, 0.05) is 13.0 Å². The lowest BCUT2D eigenvalue weighted by Crippen LogP contribution is -2.34. The number of amides is 1. The van der Waals surface area contributed by atoms with Gasteiger partial charge in [-0.2, -0.15) is 5.10 Å². The summed E-state index contributed by atoms with van der Waals surface area (Å²) in [5, 5.41) is 8.92. The molecule has 2 aliphatic rings. The maximum atomic E-state index is 12.6. The first-order valence-corrected chi connectivity index (χ1v) is 9.21. The molecule has 0 aromatic heterocycles. The minimum atomic E-state index is -0.461. The van der Waals surface area contributed by atoms with Crippen molar-refractivity contribution in [1.29, 1.82) is 0 Å². The molecule has 0 bridgehead atoms. The van der Waals surface area contributed by atoms with E-state index in [1.807, 2.05) is 48.5 Å². The van der Waals surface area contributed by atoms with Gasteiger partial charge in [0.2, 0.25) is 0 Å². The third-order valence-corrected chi connectivity index (χ3v) is 4.72. The minimum Gasteiger partial charge on any atom is -0.486 e. The van der Waals surface area contributed by atoms with Crippen molar-refractivity contribution >= 4 is 23.1 Å². The molecule has 2 heterocycles. The third-order valence-electron chi connectivity index (χ3n) is 4.72. The van der Waals surface area contributed by atoms with Crippen LogP contribution in [-0.2, 0) is 16.1 Å². The van der Waals surface area contributed by atoms with Gasteiger partial charge in [-0.1, -0.05) is 24.3 Å². The monoisotopic (exact) mass is 379 g/mol. The number of fused-ring (bicyclic) bond motifs is 1. The van der Waals surface area contributed by atoms with Gasteiger partial charge in [0.25, 0.3) is 5.91 Å². The van der Waals surface area contributed by atoms with E-state index in [1.54, 1.807) is 5.01 Å². The first kappa shape index (κ1) is 18.0. The van der Waals surface area contributed by atoms with Crippen LogP contribution in [0, 0.1) is 0 Å². The highest BCUT2D eigenvalue weighted by Gasteiger charge is 2.34. The number of benzene rings is 2. The van der Waals surface area contributed by atoms with Crippen LogP contribution in [-0.4, -0.2) is 36.7 Å². The van der Waals surface area contributed by atoms with Gasteiger partial charge in [0.1, 0.15) is 25.0 Å². The van der Waals surface area contributed by atoms with Gasteiger partial charge >= 0.3 is 0 Å². The van der Waals surface area contributed by atoms with E-state index in [1.165, 1.54) is 6.92 Å². The van der Waals surface area contributed by atoms with Crippen LogP contribution >= 0.6 is 0 Å². The summed E-state index contributed by atoms with van der Waals surface area (Å²) in [4.78, 5) is 24.7. The van der Waals surface area contributed by atoms with Gasteiger partial charge < -0.3 is 14.8 Å². The largest absolute Gasteiger partial charge is 0.486 e. The van der Waals surface area contributed by atoms with E-state index in [4.69, 9.17) is 9.47 Å². The van der Waals surface area contributed by atoms with Gasteiger partial charge in [-0.15, -0.1) is 0 Å². The zero-order valence-corrected chi connectivity index (χ0v) is 15.6. The van der Waals surface area contributed by atoms with Crippen molar-refractivity contribution in [1.82, 2.24) is 5.32 Å². The molecule has 0 aliphatic carbocycles. The molecule has 0 spiro atoms. The van der Waals surface area contributed by atoms with Crippen molar-refractivity contribution in [3.05, 3.63) is 54.1 Å². The van der Waals surface area contributed by atoms with Gasteiger partial charge in [0.05, 0.1) is 5.69 Å². The van der Waals surface area contributed by atoms with Crippen LogP contribution in [0.15, 0.2) is 53.6 Å². The molecule has 2 aliphatic heterocycles. The zero-order valence-electron chi connectivity index (χ0n) is 15.6. The number of rotatable bonds is 5. The summed E-state index contributed by atoms with van der Waals surface area (Å²) in [6.45, 7) is 2.91. The Morgan fingerprint density at radius 3 is 2.61 bits per heavy atom. The Balaban J connectivity index is 1.45. The molecule has 28 heavy (non-hydrogen) atoms. The van der Waals surface area contributed by atoms with Gasteiger partial charge in [-0.3, -0.25) is 14.6 Å². The van der Waals surface area contributed by atoms with E-state index < -0.39 is 6.04 Å². The predicted molar refractivity (Wildman–Crippen MR) is 105 cm³/mol. The number of para-hydroxylation sites is 1. The topological polar surface area (TPSA) is 80.2 Å². The number of hydrazone groups is 1. The first-order chi connectivity index (χ1) is 13.6. The highest BCUT2D eigenvalue weighted by molar-refractivity contribution is 6.40. The lowest BCUT2D eigenvalue weighted by Gasteiger charge is -2.20. The molecule has 2 aromatic carbocycles. The summed E-state index contributed by atoms with van der Waals surface area (Å²) in [6.07, 6.45) is 0.289. The molecule has 7 heteroatoms. The van der Waals surface area contributed by atoms with E-state index in [0.29, 0.717) is 37.0 Å². The number of carbonyl (C=O) groups excluding carboxylic acids is 2. The van der Waals surface area contributed by atoms with Gasteiger partial charge in [-0.25, -0.2) is 0 Å². The molecule has 2 aromatic rings. The van der Waals surface area contributed by atoms with Gasteiger partial charge in [0.15, 0.2) is 17.3 Å². The Kier molecular flexibility index (Phi) is 4.97. The number of hydrogen-bond donors (Lipinski definition) is 1. The second-order valence-corrected chi connectivity index (χ2v) is 6.72. The number of nitrogens with one attached hydrogen (secondary N) is 1. The highest BCUT2D eigenvalue weighted by Crippen LogP contribution is 2.30. The fourth-order valence-electron chi connectivity index (χ4n) is 3.26. The van der Waals surface area contributed by atoms with E-state index >= 15 is 0 Å². The number of ether oxygens (including phenoxy) is 2. The Hall–Kier alpha value is -3.35. The third kappa shape index (κ3) is 3.69. The standard InChI is InChI=1S/C21H21N3O4/c1-14(25)18-12-17(23-24(18)16-5-3-2-4-6-16)21(26)22-13-15-7-8-19-20(11-15)28-10-9-27-19/h2-8,11,18H,9-10,12-13H2,1H3,(H,22,26). The second kappa shape index (κ2) is 7.72. The van der Waals surface area contributed by atoms with E-state index in [9.17, 15) is 9.59 Å². The lowest BCUT2D eigenvalue weighted by atomic mass is 10.1. The van der Waals surface area contributed by atoms with E-state index in [0.717, 1.165) is 11.3 Å². The Morgan fingerprint density at radius 1 is 1.11 bits per heavy atom. The summed E-state index contributed by atoms with van der Waals surface area (Å²) in [5.74, 6) is 1.09. The average Bonchev–Trinajstić information content (AvgIpc) is 3.18. The summed E-state index contributed by atoms with van der Waals surface area (Å²) in [6, 6.07) is 14.5. The average molecular weight is 379 g/mol. The number of ketones is 1. The van der Waals surface area contributed by atoms with Crippen molar-refractivity contribution in [2.75, 3.05) is 18.2 Å². The first-order valence-electron chi connectivity index (χ1n) is 9.21. The molecule has 0 saturated carbocycles. The van der Waals surface area contributed by atoms with E-state index in [2.05, 4.69) is 10.4 Å². The summed E-state index contributed by atoms with van der Waals surface area (Å²) in [7, 11) is 0. The van der Waals surface area contributed by atoms with Crippen molar-refractivity contribution in [3.63, 3.8) is 0 Å². The highest BCUT2D eigenvalue weighted by atomic mass is 16.6. The molecule has 0 saturated heterocycles. The van der Waals surface area contributed by atoms with Crippen LogP contribution in [0.2, 0.25) is 0 Å². The molecule has 7 nitrogen and oxygen atoms in total. The van der Waals surface area contributed by atoms with Crippen LogP contribution in [0.25, 0.3) is 0 Å². The van der Waals surface area contributed by atoms with Crippen LogP contribution in [0.3, 0.4) is 0 Å². The summed E-state index contributed by atoms with van der Waals surface area (Å²) < 4.78 is 11.1. The van der Waals surface area contributed by atoms with Gasteiger partial charge in [-0.05, 0) is 36.8 Å². The molecule has 0 radical (unpaired) electrons. The van der Waals surface area contributed by atoms with Crippen LogP contribution in [0.5, 0.6) is 11.5 Å². The molecular weight excluding hydrogens is 358 g/mol. The molecule has 4 rings (SSSR count). The van der Waals surface area contributed by atoms with Crippen molar-refractivity contribution in [3.8, 4) is 11.5 Å². The van der Waals surface area contributed by atoms with Crippen LogP contribution in [0.4, 0.5) is 5.69 Å². The summed E-state index contributed by atoms with van der Waals surface area (Å²) in [5.41, 5.74) is 2.04. The van der Waals surface area contributed by atoms with Crippen LogP contribution < -0.4 is 19.8 Å². The lowest BCUT2D eigenvalue weighted by molar-refractivity contribution is -0.118. The number of carbonyl (C=O) groups is 2. The van der Waals surface area contributed by atoms with Crippen molar-refractivity contribution in [2.24, 2.45) is 5.10 Å². The van der Waals surface area contributed by atoms with Crippen LogP contribution in [0.1, 0.15) is 18.9 Å². The summed E-state index contributed by atoms with van der Waals surface area (Å²) >= 11 is 0. The van der Waals surface area contributed by atoms with Crippen molar-refractivity contribution < 1.29 is 19.1 Å². The molecule has 0 fully saturated rings. The van der Waals surface area contributed by atoms with Crippen molar-refractivity contribution in [2.45, 2.75) is 25.9 Å². The van der Waals surface area contributed by atoms with E-state index in [-0.39, 0.29) is 18.1 Å². The second-order valence-electron chi connectivity index (χ2n) is 6.72.